The Balaban J connectivity index is 2.31. The maximum atomic E-state index is 9.01. The van der Waals surface area contributed by atoms with Crippen LogP contribution in [-0.2, 0) is 4.18 Å². The molecule has 122 valence electrons. The van der Waals surface area contributed by atoms with Crippen LogP contribution in [-0.4, -0.2) is 20.2 Å². The third kappa shape index (κ3) is 4.41. The lowest BCUT2D eigenvalue weighted by Gasteiger charge is -2.19. The van der Waals surface area contributed by atoms with E-state index >= 15 is 0 Å². The minimum Gasteiger partial charge on any atom is -0.372 e. The van der Waals surface area contributed by atoms with Crippen molar-refractivity contribution in [3.8, 4) is 12.1 Å². The van der Waals surface area contributed by atoms with Crippen molar-refractivity contribution in [2.45, 2.75) is 6.92 Å². The predicted octanol–water partition coefficient (Wildman–Crippen LogP) is 5.11. The van der Waals surface area contributed by atoms with Crippen molar-refractivity contribution in [3.63, 3.8) is 0 Å². The van der Waals surface area contributed by atoms with Crippen LogP contribution in [0.3, 0.4) is 0 Å². The zero-order valence-corrected chi connectivity index (χ0v) is 16.4. The van der Waals surface area contributed by atoms with Crippen molar-refractivity contribution >= 4 is 52.5 Å². The van der Waals surface area contributed by atoms with Crippen molar-refractivity contribution in [3.05, 3.63) is 47.5 Å². The molecule has 0 aliphatic rings. The van der Waals surface area contributed by atoms with E-state index in [-0.39, 0.29) is 5.57 Å². The van der Waals surface area contributed by atoms with Gasteiger partial charge in [-0.15, -0.1) is 0 Å². The topological polar surface area (TPSA) is 60.0 Å². The molecular weight excluding hydrogens is 433 g/mol. The molecule has 2 aromatic carbocycles. The number of fused-ring (bicyclic) bond motifs is 1. The molecule has 2 rings (SSSR count). The summed E-state index contributed by atoms with van der Waals surface area (Å²) in [6, 6.07) is 16.1. The number of benzene rings is 2. The monoisotopic (exact) mass is 449 g/mol. The Bertz CT molecular complexity index is 835. The molecule has 0 fully saturated rings. The molecule has 0 saturated carbocycles. The van der Waals surface area contributed by atoms with E-state index in [1.165, 1.54) is 9.21 Å². The molecule has 4 nitrogen and oxygen atoms in total. The molecule has 0 atom stereocenters. The van der Waals surface area contributed by atoms with Gasteiger partial charge in [-0.25, -0.2) is 0 Å². The van der Waals surface area contributed by atoms with E-state index < -0.39 is 0 Å². The summed E-state index contributed by atoms with van der Waals surface area (Å²) in [5.74, 6) is 0. The largest absolute Gasteiger partial charge is 0.372 e. The van der Waals surface area contributed by atoms with Crippen LogP contribution in [0.15, 0.2) is 42.0 Å². The molecule has 0 spiro atoms. The quantitative estimate of drug-likeness (QED) is 0.266. The molecule has 0 aliphatic carbocycles. The van der Waals surface area contributed by atoms with Gasteiger partial charge in [0, 0.05) is 40.5 Å². The third-order valence-electron chi connectivity index (χ3n) is 3.85. The van der Waals surface area contributed by atoms with Crippen molar-refractivity contribution < 1.29 is 4.18 Å². The van der Waals surface area contributed by atoms with E-state index in [0.717, 1.165) is 28.6 Å². The van der Waals surface area contributed by atoms with Gasteiger partial charge in [0.05, 0.1) is 15.8 Å². The summed E-state index contributed by atoms with van der Waals surface area (Å²) in [5.41, 5.74) is 2.88. The summed E-state index contributed by atoms with van der Waals surface area (Å²) in [7, 11) is 3.38. The fraction of sp³-hybridized carbons (Fsp3) is 0.222. The van der Waals surface area contributed by atoms with Gasteiger partial charge >= 0.3 is 0 Å². The van der Waals surface area contributed by atoms with Crippen molar-refractivity contribution in [1.82, 2.24) is 0 Å². The summed E-state index contributed by atoms with van der Waals surface area (Å²) in [6.45, 7) is 3.28. The molecule has 2 aromatic rings. The van der Waals surface area contributed by atoms with Crippen molar-refractivity contribution in [2.75, 3.05) is 25.1 Å². The number of nitriles is 2. The molecule has 0 saturated heterocycles. The van der Waals surface area contributed by atoms with Crippen LogP contribution in [0.2, 0.25) is 0 Å². The second-order valence-electron chi connectivity index (χ2n) is 5.28. The summed E-state index contributed by atoms with van der Waals surface area (Å²) < 4.78 is 5.30. The Morgan fingerprint density at radius 2 is 1.83 bits per heavy atom. The van der Waals surface area contributed by atoms with Crippen molar-refractivity contribution in [1.29, 1.82) is 10.5 Å². The standard InChI is InChI=1S/C18H16IN3OS/c1-13(17(11-20)12-21)14-3-4-16-10-18(6-5-15(16)9-14)22(2)7-8-23-24-19/h3-6,9-10H,7-8H2,1-2H3. The highest BCUT2D eigenvalue weighted by Gasteiger charge is 2.07. The van der Waals surface area contributed by atoms with Gasteiger partial charge in [0.15, 0.2) is 0 Å². The average Bonchev–Trinajstić information content (AvgIpc) is 2.61. The molecule has 0 aliphatic heterocycles. The second kappa shape index (κ2) is 8.93. The first-order valence-corrected chi connectivity index (χ1v) is 10.6. The van der Waals surface area contributed by atoms with Crippen LogP contribution in [0.4, 0.5) is 5.69 Å². The Morgan fingerprint density at radius 3 is 2.50 bits per heavy atom. The van der Waals surface area contributed by atoms with Crippen molar-refractivity contribution in [2.24, 2.45) is 0 Å². The van der Waals surface area contributed by atoms with Crippen LogP contribution in [0.25, 0.3) is 16.3 Å². The average molecular weight is 449 g/mol. The minimum atomic E-state index is 0.152. The number of allylic oxidation sites excluding steroid dienone is 2. The highest BCUT2D eigenvalue weighted by Crippen LogP contribution is 2.26. The smallest absolute Gasteiger partial charge is 0.133 e. The lowest BCUT2D eigenvalue weighted by Crippen LogP contribution is -2.21. The minimum absolute atomic E-state index is 0.152. The van der Waals surface area contributed by atoms with Crippen LogP contribution in [0, 0.1) is 22.7 Å². The SMILES string of the molecule is CC(=C(C#N)C#N)c1ccc2cc(N(C)CCOSI)ccc2c1. The van der Waals surface area contributed by atoms with E-state index in [1.807, 2.05) is 37.4 Å². The van der Waals surface area contributed by atoms with Crippen LogP contribution in [0.1, 0.15) is 12.5 Å². The Labute approximate surface area is 158 Å². The van der Waals surface area contributed by atoms with E-state index in [9.17, 15) is 0 Å². The van der Waals surface area contributed by atoms with Gasteiger partial charge < -0.3 is 9.08 Å². The van der Waals surface area contributed by atoms with Crippen LogP contribution >= 0.6 is 30.4 Å². The van der Waals surface area contributed by atoms with Gasteiger partial charge in [-0.1, -0.05) is 18.2 Å². The molecule has 0 heterocycles. The van der Waals surface area contributed by atoms with E-state index in [2.05, 4.69) is 44.3 Å². The molecule has 0 bridgehead atoms. The van der Waals surface area contributed by atoms with Crippen LogP contribution < -0.4 is 4.90 Å². The maximum absolute atomic E-state index is 9.01. The fourth-order valence-electron chi connectivity index (χ4n) is 2.38. The van der Waals surface area contributed by atoms with Gasteiger partial charge in [-0.05, 0) is 47.0 Å². The maximum Gasteiger partial charge on any atom is 0.133 e. The molecule has 0 unspecified atom stereocenters. The summed E-state index contributed by atoms with van der Waals surface area (Å²) in [4.78, 5) is 2.15. The Kier molecular flexibility index (Phi) is 6.92. The fourth-order valence-corrected chi connectivity index (χ4v) is 3.05. The number of rotatable bonds is 6. The summed E-state index contributed by atoms with van der Waals surface area (Å²) in [5, 5.41) is 20.2. The first-order valence-electron chi connectivity index (χ1n) is 7.27. The lowest BCUT2D eigenvalue weighted by molar-refractivity contribution is 0.390. The first kappa shape index (κ1) is 18.6. The lowest BCUT2D eigenvalue weighted by atomic mass is 9.99. The number of halogens is 1. The number of nitrogens with zero attached hydrogens (tertiary/aromatic N) is 3. The third-order valence-corrected chi connectivity index (χ3v) is 4.87. The molecule has 0 amide bonds. The highest BCUT2D eigenvalue weighted by molar-refractivity contribution is 14.2. The summed E-state index contributed by atoms with van der Waals surface area (Å²) >= 11 is 2.11. The normalized spacial score (nSPS) is 10.0. The Morgan fingerprint density at radius 1 is 1.17 bits per heavy atom. The molecule has 0 aromatic heterocycles. The molecule has 0 N–H and O–H groups in total. The predicted molar refractivity (Wildman–Crippen MR) is 109 cm³/mol. The number of likely N-dealkylation sites (N-methyl/N-ethyl adjacent to an activating group) is 1. The second-order valence-corrected chi connectivity index (χ2v) is 6.72. The van der Waals surface area contributed by atoms with Crippen LogP contribution in [0.5, 0.6) is 0 Å². The Hall–Kier alpha value is -1.74. The number of anilines is 1. The van der Waals surface area contributed by atoms with E-state index in [1.54, 1.807) is 6.92 Å². The van der Waals surface area contributed by atoms with Gasteiger partial charge in [0.25, 0.3) is 0 Å². The van der Waals surface area contributed by atoms with E-state index in [0.29, 0.717) is 12.2 Å². The number of hydrogen-bond acceptors (Lipinski definition) is 5. The summed E-state index contributed by atoms with van der Waals surface area (Å²) in [6.07, 6.45) is 0. The van der Waals surface area contributed by atoms with Gasteiger partial charge in [-0.2, -0.15) is 10.5 Å². The first-order chi connectivity index (χ1) is 11.6. The van der Waals surface area contributed by atoms with Gasteiger partial charge in [0.1, 0.15) is 17.7 Å². The zero-order chi connectivity index (χ0) is 17.5. The van der Waals surface area contributed by atoms with Gasteiger partial charge in [0.2, 0.25) is 0 Å². The molecule has 24 heavy (non-hydrogen) atoms. The van der Waals surface area contributed by atoms with E-state index in [4.69, 9.17) is 14.7 Å². The number of hydrogen-bond donors (Lipinski definition) is 0. The zero-order valence-electron chi connectivity index (χ0n) is 13.4. The molecule has 0 radical (unpaired) electrons. The molecular formula is C18H16IN3OS. The molecule has 6 heteroatoms. The highest BCUT2D eigenvalue weighted by atomic mass is 127. The van der Waals surface area contributed by atoms with Gasteiger partial charge in [-0.3, -0.25) is 0 Å².